The van der Waals surface area contributed by atoms with E-state index in [-0.39, 0.29) is 19.6 Å². The number of halogens is 3. The molecule has 1 saturated heterocycles. The predicted molar refractivity (Wildman–Crippen MR) is 100 cm³/mol. The van der Waals surface area contributed by atoms with Gasteiger partial charge in [0, 0.05) is 19.0 Å². The second-order valence-electron chi connectivity index (χ2n) is 7.43. The fourth-order valence-electron chi connectivity index (χ4n) is 3.78. The first-order valence-corrected chi connectivity index (χ1v) is 9.40. The third kappa shape index (κ3) is 3.67. The summed E-state index contributed by atoms with van der Waals surface area (Å²) in [4.78, 5) is 4.30. The van der Waals surface area contributed by atoms with E-state index in [0.29, 0.717) is 16.8 Å². The van der Waals surface area contributed by atoms with E-state index in [1.165, 1.54) is 22.8 Å². The van der Waals surface area contributed by atoms with Gasteiger partial charge in [-0.3, -0.25) is 5.32 Å². The average molecular weight is 422 g/mol. The SMILES string of the molecule is Cc1cnc2c(C(O)NC3(c4ccc(C(F)(F)F)cc4)CCOCC3O)cnn2c1. The molecular formula is C20H21F3N4O3. The molecule has 3 unspecified atom stereocenters. The lowest BCUT2D eigenvalue weighted by atomic mass is 9.79. The zero-order valence-electron chi connectivity index (χ0n) is 16.1. The van der Waals surface area contributed by atoms with Crippen LogP contribution in [0.1, 0.15) is 34.9 Å². The van der Waals surface area contributed by atoms with E-state index in [4.69, 9.17) is 4.74 Å². The Labute approximate surface area is 170 Å². The van der Waals surface area contributed by atoms with Crippen LogP contribution in [0.3, 0.4) is 0 Å². The first-order valence-electron chi connectivity index (χ1n) is 9.40. The van der Waals surface area contributed by atoms with Gasteiger partial charge in [0.05, 0.1) is 35.6 Å². The summed E-state index contributed by atoms with van der Waals surface area (Å²) < 4.78 is 45.7. The number of rotatable bonds is 4. The van der Waals surface area contributed by atoms with E-state index in [0.717, 1.165) is 17.7 Å². The minimum atomic E-state index is -4.46. The summed E-state index contributed by atoms with van der Waals surface area (Å²) in [6.45, 7) is 2.11. The Kier molecular flexibility index (Phi) is 5.27. The molecule has 1 fully saturated rings. The summed E-state index contributed by atoms with van der Waals surface area (Å²) in [6.07, 6.45) is -1.71. The van der Waals surface area contributed by atoms with Crippen molar-refractivity contribution in [3.05, 3.63) is 65.1 Å². The second kappa shape index (κ2) is 7.62. The van der Waals surface area contributed by atoms with E-state index in [2.05, 4.69) is 15.4 Å². The lowest BCUT2D eigenvalue weighted by Crippen LogP contribution is -2.57. The molecule has 1 aliphatic heterocycles. The van der Waals surface area contributed by atoms with Gasteiger partial charge in [0.1, 0.15) is 6.23 Å². The summed E-state index contributed by atoms with van der Waals surface area (Å²) in [6, 6.07) is 4.56. The second-order valence-corrected chi connectivity index (χ2v) is 7.43. The number of aromatic nitrogens is 3. The van der Waals surface area contributed by atoms with Gasteiger partial charge >= 0.3 is 6.18 Å². The summed E-state index contributed by atoms with van der Waals surface area (Å²) in [7, 11) is 0. The molecule has 3 N–H and O–H groups in total. The molecule has 3 heterocycles. The Morgan fingerprint density at radius 3 is 2.67 bits per heavy atom. The maximum Gasteiger partial charge on any atom is 0.416 e. The number of ether oxygens (including phenoxy) is 1. The lowest BCUT2D eigenvalue weighted by Gasteiger charge is -2.43. The highest BCUT2D eigenvalue weighted by atomic mass is 19.4. The van der Waals surface area contributed by atoms with Gasteiger partial charge in [-0.15, -0.1) is 0 Å². The van der Waals surface area contributed by atoms with E-state index < -0.39 is 29.6 Å². The van der Waals surface area contributed by atoms with Crippen LogP contribution in [0.4, 0.5) is 13.2 Å². The molecule has 3 atom stereocenters. The predicted octanol–water partition coefficient (Wildman–Crippen LogP) is 2.31. The van der Waals surface area contributed by atoms with Gasteiger partial charge in [-0.1, -0.05) is 12.1 Å². The van der Waals surface area contributed by atoms with Crippen molar-refractivity contribution in [2.45, 2.75) is 37.4 Å². The Balaban J connectivity index is 1.70. The van der Waals surface area contributed by atoms with Crippen LogP contribution >= 0.6 is 0 Å². The lowest BCUT2D eigenvalue weighted by molar-refractivity contribution is -0.137. The van der Waals surface area contributed by atoms with Gasteiger partial charge in [-0.05, 0) is 36.6 Å². The number of benzene rings is 1. The molecule has 0 saturated carbocycles. The third-order valence-corrected chi connectivity index (χ3v) is 5.41. The average Bonchev–Trinajstić information content (AvgIpc) is 3.12. The number of nitrogens with zero attached hydrogens (tertiary/aromatic N) is 3. The van der Waals surface area contributed by atoms with Crippen LogP contribution in [0.2, 0.25) is 0 Å². The molecule has 0 amide bonds. The molecule has 0 radical (unpaired) electrons. The van der Waals surface area contributed by atoms with Gasteiger partial charge in [0.25, 0.3) is 0 Å². The quantitative estimate of drug-likeness (QED) is 0.559. The Bertz CT molecular complexity index is 1040. The first kappa shape index (κ1) is 20.7. The van der Waals surface area contributed by atoms with Crippen LogP contribution in [0.15, 0.2) is 42.9 Å². The van der Waals surface area contributed by atoms with Crippen molar-refractivity contribution >= 4 is 5.65 Å². The van der Waals surface area contributed by atoms with E-state index >= 15 is 0 Å². The van der Waals surface area contributed by atoms with Crippen molar-refractivity contribution in [2.75, 3.05) is 13.2 Å². The maximum absolute atomic E-state index is 13.0. The summed E-state index contributed by atoms with van der Waals surface area (Å²) in [5.41, 5.74) is 0.141. The van der Waals surface area contributed by atoms with Crippen molar-refractivity contribution in [1.82, 2.24) is 19.9 Å². The van der Waals surface area contributed by atoms with Crippen LogP contribution in [-0.4, -0.2) is 44.1 Å². The minimum Gasteiger partial charge on any atom is -0.388 e. The molecule has 160 valence electrons. The maximum atomic E-state index is 13.0. The van der Waals surface area contributed by atoms with Crippen LogP contribution in [0.5, 0.6) is 0 Å². The smallest absolute Gasteiger partial charge is 0.388 e. The monoisotopic (exact) mass is 422 g/mol. The number of aryl methyl sites for hydroxylation is 1. The van der Waals surface area contributed by atoms with Crippen molar-refractivity contribution in [3.8, 4) is 0 Å². The number of alkyl halides is 3. The standard InChI is InChI=1S/C20H21F3N4O3/c1-12-8-24-17-15(9-25-27(17)10-12)18(29)26-19(6-7-30-11-16(19)28)13-2-4-14(5-3-13)20(21,22)23/h2-5,8-10,16,18,26,28-29H,6-7,11H2,1H3. The molecule has 0 bridgehead atoms. The summed E-state index contributed by atoms with van der Waals surface area (Å²) in [5, 5.41) is 28.9. The van der Waals surface area contributed by atoms with Crippen LogP contribution in [-0.2, 0) is 16.5 Å². The van der Waals surface area contributed by atoms with Gasteiger partial charge in [-0.25, -0.2) is 9.50 Å². The number of aliphatic hydroxyl groups excluding tert-OH is 2. The van der Waals surface area contributed by atoms with Gasteiger partial charge in [-0.2, -0.15) is 18.3 Å². The highest BCUT2D eigenvalue weighted by molar-refractivity contribution is 5.47. The van der Waals surface area contributed by atoms with E-state index in [1.54, 1.807) is 12.4 Å². The Morgan fingerprint density at radius 2 is 2.00 bits per heavy atom. The fraction of sp³-hybridized carbons (Fsp3) is 0.400. The molecule has 10 heteroatoms. The van der Waals surface area contributed by atoms with Crippen molar-refractivity contribution in [2.24, 2.45) is 0 Å². The van der Waals surface area contributed by atoms with Crippen molar-refractivity contribution < 1.29 is 28.1 Å². The number of hydrogen-bond acceptors (Lipinski definition) is 6. The molecule has 7 nitrogen and oxygen atoms in total. The number of hydrogen-bond donors (Lipinski definition) is 3. The molecule has 4 rings (SSSR count). The minimum absolute atomic E-state index is 0.0209. The Morgan fingerprint density at radius 1 is 1.27 bits per heavy atom. The van der Waals surface area contributed by atoms with Gasteiger partial charge < -0.3 is 14.9 Å². The normalized spacial score (nSPS) is 23.6. The molecule has 30 heavy (non-hydrogen) atoms. The Hall–Kier alpha value is -2.53. The van der Waals surface area contributed by atoms with Crippen LogP contribution in [0.25, 0.3) is 5.65 Å². The topological polar surface area (TPSA) is 91.9 Å². The van der Waals surface area contributed by atoms with Gasteiger partial charge in [0.2, 0.25) is 0 Å². The zero-order valence-corrected chi connectivity index (χ0v) is 16.1. The summed E-state index contributed by atoms with van der Waals surface area (Å²) in [5.74, 6) is 0. The molecule has 1 aromatic carbocycles. The van der Waals surface area contributed by atoms with E-state index in [9.17, 15) is 23.4 Å². The summed E-state index contributed by atoms with van der Waals surface area (Å²) >= 11 is 0. The number of aliphatic hydroxyl groups is 2. The molecule has 3 aromatic rings. The highest BCUT2D eigenvalue weighted by Crippen LogP contribution is 2.37. The number of nitrogens with one attached hydrogen (secondary N) is 1. The molecule has 0 spiro atoms. The fourth-order valence-corrected chi connectivity index (χ4v) is 3.78. The molecule has 1 aliphatic rings. The van der Waals surface area contributed by atoms with Crippen LogP contribution in [0, 0.1) is 6.92 Å². The van der Waals surface area contributed by atoms with Crippen molar-refractivity contribution in [1.29, 1.82) is 0 Å². The number of fused-ring (bicyclic) bond motifs is 1. The molecule has 2 aromatic heterocycles. The highest BCUT2D eigenvalue weighted by Gasteiger charge is 2.44. The van der Waals surface area contributed by atoms with Gasteiger partial charge in [0.15, 0.2) is 5.65 Å². The first-order chi connectivity index (χ1) is 14.2. The molecule has 0 aliphatic carbocycles. The van der Waals surface area contributed by atoms with Crippen molar-refractivity contribution in [3.63, 3.8) is 0 Å². The molecular weight excluding hydrogens is 401 g/mol. The van der Waals surface area contributed by atoms with E-state index in [1.807, 2.05) is 6.92 Å². The third-order valence-electron chi connectivity index (χ3n) is 5.41. The zero-order chi connectivity index (χ0) is 21.5. The largest absolute Gasteiger partial charge is 0.416 e. The van der Waals surface area contributed by atoms with Crippen LogP contribution < -0.4 is 5.32 Å².